The number of hydrogen-bond donors (Lipinski definition) is 1. The number of pyridine rings is 1. The lowest BCUT2D eigenvalue weighted by Crippen LogP contribution is -1.98. The first kappa shape index (κ1) is 12.1. The van der Waals surface area contributed by atoms with E-state index in [9.17, 15) is 0 Å². The highest BCUT2D eigenvalue weighted by Crippen LogP contribution is 2.21. The summed E-state index contributed by atoms with van der Waals surface area (Å²) in [5.41, 5.74) is 3.75. The molecular formula is C15H15N3. The van der Waals surface area contributed by atoms with E-state index in [1.165, 1.54) is 5.56 Å². The molecule has 0 radical (unpaired) electrons. The second kappa shape index (κ2) is 5.33. The molecule has 3 heteroatoms. The minimum atomic E-state index is 0.597. The number of rotatable bonds is 3. The molecular weight excluding hydrogens is 222 g/mol. The summed E-state index contributed by atoms with van der Waals surface area (Å²) in [6, 6.07) is 12.2. The first-order valence-electron chi connectivity index (χ1n) is 5.96. The first-order valence-corrected chi connectivity index (χ1v) is 5.96. The quantitative estimate of drug-likeness (QED) is 0.887. The lowest BCUT2D eigenvalue weighted by Gasteiger charge is -2.09. The molecule has 0 saturated heterocycles. The van der Waals surface area contributed by atoms with Gasteiger partial charge in [-0.05, 0) is 42.7 Å². The molecule has 1 N–H and O–H groups in total. The summed E-state index contributed by atoms with van der Waals surface area (Å²) in [6.07, 6.45) is 2.70. The van der Waals surface area contributed by atoms with Crippen LogP contribution in [0.2, 0.25) is 0 Å². The molecule has 0 unspecified atom stereocenters. The van der Waals surface area contributed by atoms with Crippen LogP contribution in [-0.4, -0.2) is 4.98 Å². The summed E-state index contributed by atoms with van der Waals surface area (Å²) in [5, 5.41) is 12.4. The van der Waals surface area contributed by atoms with E-state index >= 15 is 0 Å². The van der Waals surface area contributed by atoms with E-state index < -0.39 is 0 Å². The van der Waals surface area contributed by atoms with Crippen LogP contribution in [0.4, 0.5) is 11.5 Å². The average molecular weight is 237 g/mol. The average Bonchev–Trinajstić information content (AvgIpc) is 2.39. The van der Waals surface area contributed by atoms with Crippen molar-refractivity contribution in [3.8, 4) is 6.07 Å². The molecule has 0 aliphatic rings. The molecule has 0 saturated carbocycles. The highest BCUT2D eigenvalue weighted by Gasteiger charge is 2.06. The molecule has 0 amide bonds. The van der Waals surface area contributed by atoms with E-state index in [0.29, 0.717) is 11.4 Å². The van der Waals surface area contributed by atoms with Gasteiger partial charge in [-0.3, -0.25) is 0 Å². The van der Waals surface area contributed by atoms with Crippen LogP contribution in [0.25, 0.3) is 0 Å². The fourth-order valence-corrected chi connectivity index (χ4v) is 1.80. The Bertz CT molecular complexity index is 597. The Balaban J connectivity index is 2.34. The van der Waals surface area contributed by atoms with E-state index in [4.69, 9.17) is 5.26 Å². The Morgan fingerprint density at radius 2 is 2.17 bits per heavy atom. The van der Waals surface area contributed by atoms with Gasteiger partial charge in [-0.2, -0.15) is 5.26 Å². The van der Waals surface area contributed by atoms with Crippen molar-refractivity contribution in [2.24, 2.45) is 0 Å². The summed E-state index contributed by atoms with van der Waals surface area (Å²) in [7, 11) is 0. The van der Waals surface area contributed by atoms with Crippen molar-refractivity contribution in [3.63, 3.8) is 0 Å². The summed E-state index contributed by atoms with van der Waals surface area (Å²) < 4.78 is 0. The molecule has 0 bridgehead atoms. The van der Waals surface area contributed by atoms with E-state index in [1.54, 1.807) is 6.20 Å². The molecule has 1 aromatic heterocycles. The van der Waals surface area contributed by atoms with Crippen LogP contribution < -0.4 is 5.32 Å². The van der Waals surface area contributed by atoms with E-state index in [-0.39, 0.29) is 0 Å². The number of nitriles is 1. The minimum absolute atomic E-state index is 0.597. The molecule has 0 aliphatic heterocycles. The van der Waals surface area contributed by atoms with Crippen LogP contribution in [0.5, 0.6) is 0 Å². The van der Waals surface area contributed by atoms with Gasteiger partial charge in [0.25, 0.3) is 0 Å². The SMILES string of the molecule is CCc1cccc(Nc2nccc(C)c2C#N)c1. The molecule has 0 aliphatic carbocycles. The molecule has 18 heavy (non-hydrogen) atoms. The monoisotopic (exact) mass is 237 g/mol. The smallest absolute Gasteiger partial charge is 0.148 e. The number of aryl methyl sites for hydroxylation is 2. The van der Waals surface area contributed by atoms with Gasteiger partial charge in [-0.1, -0.05) is 19.1 Å². The van der Waals surface area contributed by atoms with Crippen LogP contribution in [0.1, 0.15) is 23.6 Å². The lowest BCUT2D eigenvalue weighted by atomic mass is 10.1. The topological polar surface area (TPSA) is 48.7 Å². The third-order valence-electron chi connectivity index (χ3n) is 2.87. The summed E-state index contributed by atoms with van der Waals surface area (Å²) >= 11 is 0. The van der Waals surface area contributed by atoms with Crippen molar-refractivity contribution in [2.45, 2.75) is 20.3 Å². The fraction of sp³-hybridized carbons (Fsp3) is 0.200. The van der Waals surface area contributed by atoms with Crippen molar-refractivity contribution in [2.75, 3.05) is 5.32 Å². The maximum atomic E-state index is 9.15. The van der Waals surface area contributed by atoms with Gasteiger partial charge < -0.3 is 5.32 Å². The van der Waals surface area contributed by atoms with Gasteiger partial charge >= 0.3 is 0 Å². The number of hydrogen-bond acceptors (Lipinski definition) is 3. The van der Waals surface area contributed by atoms with Crippen LogP contribution in [0.3, 0.4) is 0 Å². The van der Waals surface area contributed by atoms with Crippen molar-refractivity contribution >= 4 is 11.5 Å². The van der Waals surface area contributed by atoms with Gasteiger partial charge in [0.2, 0.25) is 0 Å². The Labute approximate surface area is 107 Å². The summed E-state index contributed by atoms with van der Waals surface area (Å²) in [4.78, 5) is 4.23. The second-order valence-corrected chi connectivity index (χ2v) is 4.14. The van der Waals surface area contributed by atoms with Crippen LogP contribution >= 0.6 is 0 Å². The molecule has 90 valence electrons. The Morgan fingerprint density at radius 3 is 2.89 bits per heavy atom. The lowest BCUT2D eigenvalue weighted by molar-refractivity contribution is 1.14. The molecule has 3 nitrogen and oxygen atoms in total. The molecule has 1 aromatic carbocycles. The van der Waals surface area contributed by atoms with Gasteiger partial charge in [0.15, 0.2) is 0 Å². The molecule has 2 aromatic rings. The fourth-order valence-electron chi connectivity index (χ4n) is 1.80. The predicted molar refractivity (Wildman–Crippen MR) is 72.8 cm³/mol. The second-order valence-electron chi connectivity index (χ2n) is 4.14. The molecule has 2 rings (SSSR count). The van der Waals surface area contributed by atoms with Crippen molar-refractivity contribution in [1.29, 1.82) is 5.26 Å². The number of benzene rings is 1. The number of nitrogens with one attached hydrogen (secondary N) is 1. The number of nitrogens with zero attached hydrogens (tertiary/aromatic N) is 2. The van der Waals surface area contributed by atoms with Crippen LogP contribution in [-0.2, 0) is 6.42 Å². The van der Waals surface area contributed by atoms with Crippen LogP contribution in [0.15, 0.2) is 36.5 Å². The highest BCUT2D eigenvalue weighted by molar-refractivity contribution is 5.64. The predicted octanol–water partition coefficient (Wildman–Crippen LogP) is 3.57. The number of anilines is 2. The standard InChI is InChI=1S/C15H15N3/c1-3-12-5-4-6-13(9-12)18-15-14(10-16)11(2)7-8-17-15/h4-9H,3H2,1-2H3,(H,17,18). The largest absolute Gasteiger partial charge is 0.339 e. The zero-order chi connectivity index (χ0) is 13.0. The normalized spacial score (nSPS) is 9.83. The Kier molecular flexibility index (Phi) is 3.59. The van der Waals surface area contributed by atoms with E-state index in [2.05, 4.69) is 35.4 Å². The van der Waals surface area contributed by atoms with Gasteiger partial charge in [0.1, 0.15) is 11.9 Å². The van der Waals surface area contributed by atoms with Crippen molar-refractivity contribution in [1.82, 2.24) is 4.98 Å². The van der Waals surface area contributed by atoms with E-state index in [0.717, 1.165) is 17.7 Å². The number of aromatic nitrogens is 1. The van der Waals surface area contributed by atoms with Gasteiger partial charge in [0, 0.05) is 11.9 Å². The summed E-state index contributed by atoms with van der Waals surface area (Å²) in [6.45, 7) is 4.03. The third-order valence-corrected chi connectivity index (χ3v) is 2.87. The van der Waals surface area contributed by atoms with Gasteiger partial charge in [0.05, 0.1) is 5.56 Å². The Morgan fingerprint density at radius 1 is 1.33 bits per heavy atom. The van der Waals surface area contributed by atoms with Gasteiger partial charge in [-0.15, -0.1) is 0 Å². The molecule has 0 fully saturated rings. The minimum Gasteiger partial charge on any atom is -0.339 e. The maximum absolute atomic E-state index is 9.15. The molecule has 1 heterocycles. The van der Waals surface area contributed by atoms with Gasteiger partial charge in [-0.25, -0.2) is 4.98 Å². The van der Waals surface area contributed by atoms with Crippen LogP contribution in [0, 0.1) is 18.3 Å². The maximum Gasteiger partial charge on any atom is 0.148 e. The highest BCUT2D eigenvalue weighted by atomic mass is 15.0. The molecule has 0 atom stereocenters. The summed E-state index contributed by atoms with van der Waals surface area (Å²) in [5.74, 6) is 0.616. The zero-order valence-electron chi connectivity index (χ0n) is 10.6. The van der Waals surface area contributed by atoms with Crippen molar-refractivity contribution < 1.29 is 0 Å². The van der Waals surface area contributed by atoms with E-state index in [1.807, 2.05) is 25.1 Å². The first-order chi connectivity index (χ1) is 8.74. The zero-order valence-corrected chi connectivity index (χ0v) is 10.6. The third kappa shape index (κ3) is 2.49. The Hall–Kier alpha value is -2.34. The molecule has 0 spiro atoms. The van der Waals surface area contributed by atoms with Crippen molar-refractivity contribution in [3.05, 3.63) is 53.2 Å².